The summed E-state index contributed by atoms with van der Waals surface area (Å²) in [5, 5.41) is 2.92. The molecule has 2 atom stereocenters. The topological polar surface area (TPSA) is 66.5 Å². The lowest BCUT2D eigenvalue weighted by Gasteiger charge is -2.13. The van der Waals surface area contributed by atoms with Gasteiger partial charge in [-0.2, -0.15) is 4.31 Å². The summed E-state index contributed by atoms with van der Waals surface area (Å²) < 4.78 is 24.5. The van der Waals surface area contributed by atoms with E-state index in [0.717, 1.165) is 6.42 Å². The SMILES string of the molecule is O=C(CN1CCCS1(=O)=O)NC1CC1c1ccccc1. The zero-order chi connectivity index (χ0) is 14.2. The molecule has 1 heterocycles. The quantitative estimate of drug-likeness (QED) is 0.888. The molecule has 5 nitrogen and oxygen atoms in total. The lowest BCUT2D eigenvalue weighted by molar-refractivity contribution is -0.121. The van der Waals surface area contributed by atoms with Crippen molar-refractivity contribution in [3.05, 3.63) is 35.9 Å². The van der Waals surface area contributed by atoms with Gasteiger partial charge >= 0.3 is 0 Å². The molecule has 3 rings (SSSR count). The minimum Gasteiger partial charge on any atom is -0.352 e. The van der Waals surface area contributed by atoms with Gasteiger partial charge in [-0.05, 0) is 18.4 Å². The lowest BCUT2D eigenvalue weighted by atomic mass is 10.1. The summed E-state index contributed by atoms with van der Waals surface area (Å²) in [6.07, 6.45) is 1.55. The second-order valence-corrected chi connectivity index (χ2v) is 7.52. The van der Waals surface area contributed by atoms with Crippen molar-refractivity contribution >= 4 is 15.9 Å². The molecule has 1 saturated carbocycles. The van der Waals surface area contributed by atoms with Crippen molar-refractivity contribution in [1.82, 2.24) is 9.62 Å². The van der Waals surface area contributed by atoms with Crippen LogP contribution in [0.15, 0.2) is 30.3 Å². The second kappa shape index (κ2) is 5.18. The Hall–Kier alpha value is -1.40. The zero-order valence-electron chi connectivity index (χ0n) is 11.2. The molecule has 2 aliphatic rings. The third-order valence-electron chi connectivity index (χ3n) is 3.89. The first-order valence-electron chi connectivity index (χ1n) is 6.88. The van der Waals surface area contributed by atoms with E-state index in [1.807, 2.05) is 18.2 Å². The molecule has 1 aliphatic carbocycles. The van der Waals surface area contributed by atoms with Crippen LogP contribution in [0.4, 0.5) is 0 Å². The van der Waals surface area contributed by atoms with Crippen molar-refractivity contribution in [2.75, 3.05) is 18.8 Å². The molecule has 0 spiro atoms. The highest BCUT2D eigenvalue weighted by Gasteiger charge is 2.40. The highest BCUT2D eigenvalue weighted by molar-refractivity contribution is 7.89. The molecule has 2 fully saturated rings. The lowest BCUT2D eigenvalue weighted by Crippen LogP contribution is -2.39. The normalized spacial score (nSPS) is 28.2. The number of nitrogens with one attached hydrogen (secondary N) is 1. The van der Waals surface area contributed by atoms with E-state index < -0.39 is 10.0 Å². The third-order valence-corrected chi connectivity index (χ3v) is 5.79. The van der Waals surface area contributed by atoms with E-state index >= 15 is 0 Å². The maximum atomic E-state index is 11.9. The molecule has 0 radical (unpaired) electrons. The summed E-state index contributed by atoms with van der Waals surface area (Å²) in [6.45, 7) is 0.420. The summed E-state index contributed by atoms with van der Waals surface area (Å²) in [7, 11) is -3.19. The summed E-state index contributed by atoms with van der Waals surface area (Å²) >= 11 is 0. The van der Waals surface area contributed by atoms with E-state index in [2.05, 4.69) is 17.4 Å². The zero-order valence-corrected chi connectivity index (χ0v) is 12.0. The van der Waals surface area contributed by atoms with E-state index in [4.69, 9.17) is 0 Å². The van der Waals surface area contributed by atoms with Crippen molar-refractivity contribution < 1.29 is 13.2 Å². The highest BCUT2D eigenvalue weighted by Crippen LogP contribution is 2.40. The fourth-order valence-electron chi connectivity index (χ4n) is 2.70. The Labute approximate surface area is 119 Å². The van der Waals surface area contributed by atoms with Gasteiger partial charge in [0.25, 0.3) is 0 Å². The standard InChI is InChI=1S/C14H18N2O3S/c17-14(10-16-7-4-8-20(16,18)19)15-13-9-12(13)11-5-2-1-3-6-11/h1-3,5-6,12-13H,4,7-10H2,(H,15,17). The molecule has 6 heteroatoms. The van der Waals surface area contributed by atoms with Gasteiger partial charge in [-0.15, -0.1) is 0 Å². The Kier molecular flexibility index (Phi) is 3.52. The van der Waals surface area contributed by atoms with Gasteiger partial charge in [-0.3, -0.25) is 4.79 Å². The van der Waals surface area contributed by atoms with Crippen LogP contribution in [0.25, 0.3) is 0 Å². The van der Waals surface area contributed by atoms with E-state index in [1.165, 1.54) is 9.87 Å². The smallest absolute Gasteiger partial charge is 0.235 e. The Morgan fingerprint density at radius 3 is 2.70 bits per heavy atom. The third kappa shape index (κ3) is 2.86. The van der Waals surface area contributed by atoms with E-state index in [-0.39, 0.29) is 24.2 Å². The maximum Gasteiger partial charge on any atom is 0.235 e. The molecule has 2 unspecified atom stereocenters. The summed E-state index contributed by atoms with van der Waals surface area (Å²) in [5.74, 6) is 0.338. The summed E-state index contributed by atoms with van der Waals surface area (Å²) in [4.78, 5) is 11.9. The van der Waals surface area contributed by atoms with Crippen LogP contribution in [0.2, 0.25) is 0 Å². The Balaban J connectivity index is 1.52. The first-order chi connectivity index (χ1) is 9.56. The average molecular weight is 294 g/mol. The molecule has 1 amide bonds. The van der Waals surface area contributed by atoms with E-state index in [0.29, 0.717) is 18.9 Å². The monoisotopic (exact) mass is 294 g/mol. The molecule has 1 aromatic carbocycles. The number of hydrogen-bond donors (Lipinski definition) is 1. The number of nitrogens with zero attached hydrogens (tertiary/aromatic N) is 1. The van der Waals surface area contributed by atoms with Gasteiger partial charge in [0.2, 0.25) is 15.9 Å². The molecule has 0 bridgehead atoms. The Morgan fingerprint density at radius 1 is 1.30 bits per heavy atom. The molecule has 0 aromatic heterocycles. The van der Waals surface area contributed by atoms with Gasteiger partial charge in [-0.25, -0.2) is 8.42 Å². The highest BCUT2D eigenvalue weighted by atomic mass is 32.2. The van der Waals surface area contributed by atoms with Gasteiger partial charge in [-0.1, -0.05) is 30.3 Å². The first-order valence-corrected chi connectivity index (χ1v) is 8.49. The summed E-state index contributed by atoms with van der Waals surface area (Å²) in [5.41, 5.74) is 1.23. The molecule has 1 N–H and O–H groups in total. The maximum absolute atomic E-state index is 11.9. The van der Waals surface area contributed by atoms with Gasteiger partial charge in [0, 0.05) is 18.5 Å². The number of hydrogen-bond acceptors (Lipinski definition) is 3. The number of sulfonamides is 1. The van der Waals surface area contributed by atoms with Crippen molar-refractivity contribution in [2.45, 2.75) is 24.8 Å². The molecule has 1 aliphatic heterocycles. The van der Waals surface area contributed by atoms with Crippen molar-refractivity contribution in [3.63, 3.8) is 0 Å². The largest absolute Gasteiger partial charge is 0.352 e. The van der Waals surface area contributed by atoms with Crippen LogP contribution in [0.1, 0.15) is 24.3 Å². The predicted molar refractivity (Wildman–Crippen MR) is 75.7 cm³/mol. The van der Waals surface area contributed by atoms with Gasteiger partial charge in [0.05, 0.1) is 12.3 Å². The number of rotatable bonds is 4. The second-order valence-electron chi connectivity index (χ2n) is 5.43. The minimum absolute atomic E-state index is 0.0413. The number of benzene rings is 1. The molecular weight excluding hydrogens is 276 g/mol. The molecule has 108 valence electrons. The van der Waals surface area contributed by atoms with Crippen LogP contribution in [-0.4, -0.2) is 43.5 Å². The first kappa shape index (κ1) is 13.6. The van der Waals surface area contributed by atoms with E-state index in [9.17, 15) is 13.2 Å². The minimum atomic E-state index is -3.19. The Morgan fingerprint density at radius 2 is 2.05 bits per heavy atom. The van der Waals surface area contributed by atoms with Crippen LogP contribution in [0.5, 0.6) is 0 Å². The van der Waals surface area contributed by atoms with Crippen LogP contribution >= 0.6 is 0 Å². The van der Waals surface area contributed by atoms with Crippen molar-refractivity contribution in [1.29, 1.82) is 0 Å². The molecule has 1 saturated heterocycles. The van der Waals surface area contributed by atoms with Crippen molar-refractivity contribution in [2.24, 2.45) is 0 Å². The van der Waals surface area contributed by atoms with Gasteiger partial charge in [0.15, 0.2) is 0 Å². The average Bonchev–Trinajstić information content (AvgIpc) is 3.09. The van der Waals surface area contributed by atoms with E-state index in [1.54, 1.807) is 0 Å². The number of amides is 1. The molecule has 1 aromatic rings. The van der Waals surface area contributed by atoms with Gasteiger partial charge < -0.3 is 5.32 Å². The fourth-order valence-corrected chi connectivity index (χ4v) is 4.18. The van der Waals surface area contributed by atoms with Gasteiger partial charge in [0.1, 0.15) is 0 Å². The number of carbonyl (C=O) groups excluding carboxylic acids is 1. The number of carbonyl (C=O) groups is 1. The van der Waals surface area contributed by atoms with Crippen LogP contribution in [0.3, 0.4) is 0 Å². The molecule has 20 heavy (non-hydrogen) atoms. The van der Waals surface area contributed by atoms with Crippen LogP contribution in [-0.2, 0) is 14.8 Å². The molecular formula is C14H18N2O3S. The Bertz CT molecular complexity index is 600. The van der Waals surface area contributed by atoms with Crippen LogP contribution < -0.4 is 5.32 Å². The fraction of sp³-hybridized carbons (Fsp3) is 0.500. The van der Waals surface area contributed by atoms with Crippen LogP contribution in [0, 0.1) is 0 Å². The summed E-state index contributed by atoms with van der Waals surface area (Å²) in [6, 6.07) is 10.2. The predicted octanol–water partition coefficient (Wildman–Crippen LogP) is 0.694. The van der Waals surface area contributed by atoms with Crippen molar-refractivity contribution in [3.8, 4) is 0 Å².